The molecule has 8 heteroatoms. The Morgan fingerprint density at radius 3 is 2.54 bits per heavy atom. The Kier molecular flexibility index (Phi) is 7.29. The number of hydrogen-bond donors (Lipinski definition) is 0. The molecule has 0 unspecified atom stereocenters. The lowest BCUT2D eigenvalue weighted by Crippen LogP contribution is -2.31. The van der Waals surface area contributed by atoms with E-state index in [4.69, 9.17) is 16.3 Å². The van der Waals surface area contributed by atoms with Crippen LogP contribution in [-0.2, 0) is 20.9 Å². The van der Waals surface area contributed by atoms with E-state index in [1.165, 1.54) is 18.0 Å². The predicted molar refractivity (Wildman–Crippen MR) is 96.7 cm³/mol. The molecule has 0 aliphatic heterocycles. The first-order valence-corrected chi connectivity index (χ1v) is 8.98. The highest BCUT2D eigenvalue weighted by atomic mass is 35.5. The quantitative estimate of drug-likeness (QED) is 0.503. The molecular weight excluding hydrogens is 381 g/mol. The SMILES string of the molecule is CN(Cc1ccccc1F)C(=O)COC(=O)CCC(=O)c1ccc(Cl)s1. The van der Waals surface area contributed by atoms with Crippen molar-refractivity contribution < 1.29 is 23.5 Å². The molecule has 0 radical (unpaired) electrons. The van der Waals surface area contributed by atoms with E-state index in [1.807, 2.05) is 0 Å². The van der Waals surface area contributed by atoms with Crippen LogP contribution in [0.5, 0.6) is 0 Å². The first-order valence-electron chi connectivity index (χ1n) is 7.78. The van der Waals surface area contributed by atoms with Gasteiger partial charge in [0.15, 0.2) is 12.4 Å². The standard InChI is InChI=1S/C18H17ClFNO4S/c1-21(10-12-4-2-3-5-13(12)20)17(23)11-25-18(24)9-6-14(22)15-7-8-16(19)26-15/h2-5,7-8H,6,9-11H2,1H3. The average Bonchev–Trinajstić information content (AvgIpc) is 3.06. The molecule has 0 spiro atoms. The number of ketones is 1. The minimum Gasteiger partial charge on any atom is -0.456 e. The van der Waals surface area contributed by atoms with Gasteiger partial charge in [-0.2, -0.15) is 0 Å². The molecule has 1 heterocycles. The highest BCUT2D eigenvalue weighted by molar-refractivity contribution is 7.18. The van der Waals surface area contributed by atoms with Crippen LogP contribution in [0.15, 0.2) is 36.4 Å². The fourth-order valence-corrected chi connectivity index (χ4v) is 3.11. The van der Waals surface area contributed by atoms with Gasteiger partial charge in [0.25, 0.3) is 5.91 Å². The van der Waals surface area contributed by atoms with Gasteiger partial charge in [0.2, 0.25) is 0 Å². The molecule has 2 aromatic rings. The third-order valence-electron chi connectivity index (χ3n) is 3.55. The van der Waals surface area contributed by atoms with Gasteiger partial charge in [0.1, 0.15) is 5.82 Å². The second-order valence-electron chi connectivity index (χ2n) is 5.53. The normalized spacial score (nSPS) is 10.4. The van der Waals surface area contributed by atoms with Crippen LogP contribution in [0.3, 0.4) is 0 Å². The van der Waals surface area contributed by atoms with Crippen LogP contribution in [0, 0.1) is 5.82 Å². The molecule has 0 N–H and O–H groups in total. The molecule has 0 bridgehead atoms. The summed E-state index contributed by atoms with van der Waals surface area (Å²) in [6.07, 6.45) is -0.145. The Labute approximate surface area is 159 Å². The van der Waals surface area contributed by atoms with Crippen LogP contribution in [0.4, 0.5) is 4.39 Å². The topological polar surface area (TPSA) is 63.7 Å². The third-order valence-corrected chi connectivity index (χ3v) is 4.82. The van der Waals surface area contributed by atoms with E-state index in [1.54, 1.807) is 30.3 Å². The highest BCUT2D eigenvalue weighted by Gasteiger charge is 2.16. The van der Waals surface area contributed by atoms with Gasteiger partial charge in [-0.3, -0.25) is 14.4 Å². The van der Waals surface area contributed by atoms with E-state index in [9.17, 15) is 18.8 Å². The lowest BCUT2D eigenvalue weighted by atomic mass is 10.2. The number of carbonyl (C=O) groups excluding carboxylic acids is 3. The summed E-state index contributed by atoms with van der Waals surface area (Å²) in [6, 6.07) is 9.34. The van der Waals surface area contributed by atoms with Crippen LogP contribution in [0.2, 0.25) is 4.34 Å². The number of Topliss-reactive ketones (excluding diaryl/α,β-unsaturated/α-hetero) is 1. The number of likely N-dealkylation sites (N-methyl/N-ethyl adjacent to an activating group) is 1. The number of ether oxygens (including phenoxy) is 1. The van der Waals surface area contributed by atoms with Crippen LogP contribution in [0.25, 0.3) is 0 Å². The molecule has 138 valence electrons. The summed E-state index contributed by atoms with van der Waals surface area (Å²) < 4.78 is 19.0. The molecule has 1 amide bonds. The summed E-state index contributed by atoms with van der Waals surface area (Å²) in [4.78, 5) is 37.3. The van der Waals surface area contributed by atoms with Crippen molar-refractivity contribution in [1.82, 2.24) is 4.90 Å². The monoisotopic (exact) mass is 397 g/mol. The van der Waals surface area contributed by atoms with Crippen molar-refractivity contribution in [3.8, 4) is 0 Å². The number of nitrogens with zero attached hydrogens (tertiary/aromatic N) is 1. The highest BCUT2D eigenvalue weighted by Crippen LogP contribution is 2.22. The number of benzene rings is 1. The van der Waals surface area contributed by atoms with Crippen LogP contribution in [-0.4, -0.2) is 36.2 Å². The van der Waals surface area contributed by atoms with Crippen LogP contribution in [0.1, 0.15) is 28.1 Å². The molecule has 1 aromatic carbocycles. The van der Waals surface area contributed by atoms with E-state index in [0.717, 1.165) is 11.3 Å². The van der Waals surface area contributed by atoms with Gasteiger partial charge in [-0.15, -0.1) is 11.3 Å². The average molecular weight is 398 g/mol. The Morgan fingerprint density at radius 2 is 1.88 bits per heavy atom. The minimum absolute atomic E-state index is 0.0189. The molecule has 26 heavy (non-hydrogen) atoms. The Bertz CT molecular complexity index is 808. The zero-order valence-electron chi connectivity index (χ0n) is 14.0. The smallest absolute Gasteiger partial charge is 0.306 e. The fourth-order valence-electron chi connectivity index (χ4n) is 2.10. The van der Waals surface area contributed by atoms with Crippen molar-refractivity contribution in [3.05, 3.63) is 57.0 Å². The molecule has 0 aliphatic carbocycles. The first kappa shape index (κ1) is 20.1. The van der Waals surface area contributed by atoms with E-state index in [2.05, 4.69) is 0 Å². The van der Waals surface area contributed by atoms with E-state index < -0.39 is 24.3 Å². The van der Waals surface area contributed by atoms with Gasteiger partial charge >= 0.3 is 5.97 Å². The molecule has 1 aromatic heterocycles. The summed E-state index contributed by atoms with van der Waals surface area (Å²) in [5.41, 5.74) is 0.370. The predicted octanol–water partition coefficient (Wildman–Crippen LogP) is 3.71. The molecule has 0 atom stereocenters. The zero-order chi connectivity index (χ0) is 19.1. The number of halogens is 2. The summed E-state index contributed by atoms with van der Waals surface area (Å²) in [7, 11) is 1.49. The van der Waals surface area contributed by atoms with E-state index >= 15 is 0 Å². The number of amides is 1. The van der Waals surface area contributed by atoms with Crippen molar-refractivity contribution in [2.24, 2.45) is 0 Å². The van der Waals surface area contributed by atoms with Gasteiger partial charge in [-0.1, -0.05) is 29.8 Å². The van der Waals surface area contributed by atoms with Crippen molar-refractivity contribution in [2.75, 3.05) is 13.7 Å². The molecule has 0 saturated heterocycles. The first-order chi connectivity index (χ1) is 12.4. The maximum Gasteiger partial charge on any atom is 0.306 e. The molecule has 2 rings (SSSR count). The molecule has 0 aliphatic rings. The Morgan fingerprint density at radius 1 is 1.15 bits per heavy atom. The Hall–Kier alpha value is -2.25. The van der Waals surface area contributed by atoms with E-state index in [-0.39, 0.29) is 25.2 Å². The number of rotatable bonds is 8. The maximum atomic E-state index is 13.6. The van der Waals surface area contributed by atoms with Gasteiger partial charge < -0.3 is 9.64 Å². The van der Waals surface area contributed by atoms with Gasteiger partial charge in [0, 0.05) is 25.6 Å². The van der Waals surface area contributed by atoms with Crippen LogP contribution >= 0.6 is 22.9 Å². The summed E-state index contributed by atoms with van der Waals surface area (Å²) >= 11 is 6.90. The summed E-state index contributed by atoms with van der Waals surface area (Å²) in [6.45, 7) is -0.385. The largest absolute Gasteiger partial charge is 0.456 e. The molecule has 0 fully saturated rings. The third kappa shape index (κ3) is 5.93. The lowest BCUT2D eigenvalue weighted by molar-refractivity contribution is -0.151. The molecule has 0 saturated carbocycles. The van der Waals surface area contributed by atoms with Crippen molar-refractivity contribution in [1.29, 1.82) is 0 Å². The number of hydrogen-bond acceptors (Lipinski definition) is 5. The second kappa shape index (κ2) is 9.45. The second-order valence-corrected chi connectivity index (χ2v) is 7.24. The van der Waals surface area contributed by atoms with Crippen molar-refractivity contribution in [2.45, 2.75) is 19.4 Å². The lowest BCUT2D eigenvalue weighted by Gasteiger charge is -2.17. The van der Waals surface area contributed by atoms with Crippen molar-refractivity contribution >= 4 is 40.6 Å². The fraction of sp³-hybridized carbons (Fsp3) is 0.278. The summed E-state index contributed by atoms with van der Waals surface area (Å²) in [5.74, 6) is -1.72. The number of thiophene rings is 1. The molecular formula is C18H17ClFNO4S. The number of esters is 1. The maximum absolute atomic E-state index is 13.6. The van der Waals surface area contributed by atoms with Gasteiger partial charge in [-0.05, 0) is 18.2 Å². The number of carbonyl (C=O) groups is 3. The Balaban J connectivity index is 1.73. The van der Waals surface area contributed by atoms with Crippen molar-refractivity contribution in [3.63, 3.8) is 0 Å². The van der Waals surface area contributed by atoms with E-state index in [0.29, 0.717) is 14.8 Å². The zero-order valence-corrected chi connectivity index (χ0v) is 15.6. The van der Waals surface area contributed by atoms with Gasteiger partial charge in [0.05, 0.1) is 15.6 Å². The van der Waals surface area contributed by atoms with Gasteiger partial charge in [-0.25, -0.2) is 4.39 Å². The van der Waals surface area contributed by atoms with Crippen LogP contribution < -0.4 is 0 Å². The minimum atomic E-state index is -0.645. The summed E-state index contributed by atoms with van der Waals surface area (Å²) in [5, 5.41) is 0. The molecule has 5 nitrogen and oxygen atoms in total.